The fourth-order valence-corrected chi connectivity index (χ4v) is 3.42. The highest BCUT2D eigenvalue weighted by molar-refractivity contribution is 7.11. The molecule has 1 heterocycles. The van der Waals surface area contributed by atoms with Crippen LogP contribution >= 0.6 is 11.3 Å². The van der Waals surface area contributed by atoms with Gasteiger partial charge in [0.15, 0.2) is 0 Å². The Hall–Kier alpha value is -3.05. The van der Waals surface area contributed by atoms with Crippen LogP contribution in [0.5, 0.6) is 11.5 Å². The SMILES string of the molecule is CCc1ccc(OCCOc2ccccc2/C=C(\C(=O)O)c2cccs2)cc1. The largest absolute Gasteiger partial charge is 0.490 e. The van der Waals surface area contributed by atoms with Crippen LogP contribution in [0.1, 0.15) is 22.9 Å². The van der Waals surface area contributed by atoms with Gasteiger partial charge in [-0.15, -0.1) is 11.3 Å². The summed E-state index contributed by atoms with van der Waals surface area (Å²) in [6.07, 6.45) is 2.64. The number of hydrogen-bond donors (Lipinski definition) is 1. The molecule has 0 saturated carbocycles. The van der Waals surface area contributed by atoms with Crippen LogP contribution in [-0.4, -0.2) is 24.3 Å². The molecular weight excluding hydrogens is 372 g/mol. The van der Waals surface area contributed by atoms with Crippen molar-refractivity contribution in [3.8, 4) is 11.5 Å². The minimum atomic E-state index is -0.962. The molecule has 0 unspecified atom stereocenters. The van der Waals surface area contributed by atoms with Crippen molar-refractivity contribution in [2.45, 2.75) is 13.3 Å². The van der Waals surface area contributed by atoms with Crippen LogP contribution in [-0.2, 0) is 11.2 Å². The monoisotopic (exact) mass is 394 g/mol. The van der Waals surface area contributed by atoms with Crippen LogP contribution in [0.4, 0.5) is 0 Å². The van der Waals surface area contributed by atoms with Crippen molar-refractivity contribution in [1.82, 2.24) is 0 Å². The molecule has 3 aromatic rings. The number of carbonyl (C=O) groups is 1. The summed E-state index contributed by atoms with van der Waals surface area (Å²) in [5.74, 6) is 0.471. The summed E-state index contributed by atoms with van der Waals surface area (Å²) in [6.45, 7) is 2.88. The molecule has 0 spiro atoms. The van der Waals surface area contributed by atoms with E-state index in [1.165, 1.54) is 16.9 Å². The van der Waals surface area contributed by atoms with E-state index in [2.05, 4.69) is 6.92 Å². The maximum Gasteiger partial charge on any atom is 0.337 e. The molecule has 4 nitrogen and oxygen atoms in total. The number of thiophene rings is 1. The Morgan fingerprint density at radius 1 is 1.00 bits per heavy atom. The summed E-state index contributed by atoms with van der Waals surface area (Å²) in [5, 5.41) is 11.4. The van der Waals surface area contributed by atoms with E-state index in [-0.39, 0.29) is 5.57 Å². The van der Waals surface area contributed by atoms with E-state index < -0.39 is 5.97 Å². The van der Waals surface area contributed by atoms with Crippen molar-refractivity contribution in [1.29, 1.82) is 0 Å². The van der Waals surface area contributed by atoms with Crippen molar-refractivity contribution in [3.05, 3.63) is 82.0 Å². The number of carboxylic acid groups (broad SMARTS) is 1. The zero-order valence-electron chi connectivity index (χ0n) is 15.6. The molecule has 2 aromatic carbocycles. The third kappa shape index (κ3) is 5.24. The average molecular weight is 394 g/mol. The summed E-state index contributed by atoms with van der Waals surface area (Å²) in [4.78, 5) is 12.4. The van der Waals surface area contributed by atoms with Gasteiger partial charge in [0, 0.05) is 10.4 Å². The molecule has 144 valence electrons. The van der Waals surface area contributed by atoms with Gasteiger partial charge in [0.25, 0.3) is 0 Å². The van der Waals surface area contributed by atoms with Gasteiger partial charge in [-0.1, -0.05) is 43.3 Å². The van der Waals surface area contributed by atoms with E-state index in [9.17, 15) is 9.90 Å². The maximum atomic E-state index is 11.7. The van der Waals surface area contributed by atoms with Gasteiger partial charge in [0.1, 0.15) is 24.7 Å². The van der Waals surface area contributed by atoms with Gasteiger partial charge in [0.2, 0.25) is 0 Å². The number of ether oxygens (including phenoxy) is 2. The molecule has 0 amide bonds. The summed E-state index contributed by atoms with van der Waals surface area (Å²) < 4.78 is 11.6. The molecular formula is C23H22O4S. The van der Waals surface area contributed by atoms with Crippen LogP contribution in [0.15, 0.2) is 66.0 Å². The Morgan fingerprint density at radius 3 is 2.43 bits per heavy atom. The van der Waals surface area contributed by atoms with E-state index in [1.807, 2.05) is 60.0 Å². The molecule has 0 bridgehead atoms. The molecule has 0 aliphatic rings. The summed E-state index contributed by atoms with van der Waals surface area (Å²) in [7, 11) is 0. The van der Waals surface area contributed by atoms with Gasteiger partial charge < -0.3 is 14.6 Å². The highest BCUT2D eigenvalue weighted by Crippen LogP contribution is 2.27. The Kier molecular flexibility index (Phi) is 6.87. The summed E-state index contributed by atoms with van der Waals surface area (Å²) >= 11 is 1.40. The van der Waals surface area contributed by atoms with E-state index in [0.717, 1.165) is 17.7 Å². The molecule has 0 fully saturated rings. The Bertz CT molecular complexity index is 928. The number of hydrogen-bond acceptors (Lipinski definition) is 4. The van der Waals surface area contributed by atoms with E-state index >= 15 is 0 Å². The van der Waals surface area contributed by atoms with Gasteiger partial charge >= 0.3 is 5.97 Å². The minimum absolute atomic E-state index is 0.248. The fourth-order valence-electron chi connectivity index (χ4n) is 2.69. The highest BCUT2D eigenvalue weighted by atomic mass is 32.1. The van der Waals surface area contributed by atoms with E-state index in [4.69, 9.17) is 9.47 Å². The average Bonchev–Trinajstić information content (AvgIpc) is 3.25. The van der Waals surface area contributed by atoms with Crippen LogP contribution < -0.4 is 9.47 Å². The van der Waals surface area contributed by atoms with Gasteiger partial charge in [-0.25, -0.2) is 4.79 Å². The molecule has 28 heavy (non-hydrogen) atoms. The second-order valence-electron chi connectivity index (χ2n) is 6.07. The zero-order chi connectivity index (χ0) is 19.8. The van der Waals surface area contributed by atoms with Crippen LogP contribution in [0.3, 0.4) is 0 Å². The molecule has 0 saturated heterocycles. The molecule has 1 aromatic heterocycles. The first kappa shape index (κ1) is 19.7. The molecule has 3 rings (SSSR count). The lowest BCUT2D eigenvalue weighted by Gasteiger charge is -2.11. The van der Waals surface area contributed by atoms with Gasteiger partial charge in [-0.2, -0.15) is 0 Å². The van der Waals surface area contributed by atoms with Gasteiger partial charge in [0.05, 0.1) is 5.57 Å². The fraction of sp³-hybridized carbons (Fsp3) is 0.174. The van der Waals surface area contributed by atoms with Crippen LogP contribution in [0, 0.1) is 0 Å². The quantitative estimate of drug-likeness (QED) is 0.390. The normalized spacial score (nSPS) is 11.2. The third-order valence-electron chi connectivity index (χ3n) is 4.18. The number of para-hydroxylation sites is 1. The third-order valence-corrected chi connectivity index (χ3v) is 5.08. The Balaban J connectivity index is 1.65. The topological polar surface area (TPSA) is 55.8 Å². The summed E-state index contributed by atoms with van der Waals surface area (Å²) in [5.41, 5.74) is 2.24. The standard InChI is InChI=1S/C23H22O4S/c1-2-17-9-11-19(12-10-17)26-13-14-27-21-7-4-3-6-18(21)16-20(23(24)25)22-8-5-15-28-22/h3-12,15-16H,2,13-14H2,1H3,(H,24,25)/b20-16-. The second kappa shape index (κ2) is 9.76. The van der Waals surface area contributed by atoms with E-state index in [1.54, 1.807) is 12.1 Å². The number of aryl methyl sites for hydroxylation is 1. The number of rotatable bonds is 9. The van der Waals surface area contributed by atoms with Gasteiger partial charge in [-0.05, 0) is 47.7 Å². The molecule has 1 N–H and O–H groups in total. The lowest BCUT2D eigenvalue weighted by Crippen LogP contribution is -2.09. The smallest absolute Gasteiger partial charge is 0.337 e. The Labute approximate surface area is 168 Å². The van der Waals surface area contributed by atoms with Crippen molar-refractivity contribution in [2.75, 3.05) is 13.2 Å². The first-order valence-electron chi connectivity index (χ1n) is 9.10. The van der Waals surface area contributed by atoms with Crippen molar-refractivity contribution in [2.24, 2.45) is 0 Å². The van der Waals surface area contributed by atoms with Crippen LogP contribution in [0.25, 0.3) is 11.6 Å². The molecule has 0 aliphatic heterocycles. The molecule has 0 atom stereocenters. The van der Waals surface area contributed by atoms with Crippen molar-refractivity contribution < 1.29 is 19.4 Å². The van der Waals surface area contributed by atoms with E-state index in [0.29, 0.717) is 23.8 Å². The molecule has 0 aliphatic carbocycles. The first-order valence-corrected chi connectivity index (χ1v) is 9.97. The van der Waals surface area contributed by atoms with Crippen molar-refractivity contribution in [3.63, 3.8) is 0 Å². The number of carboxylic acids is 1. The maximum absolute atomic E-state index is 11.7. The first-order chi connectivity index (χ1) is 13.7. The summed E-state index contributed by atoms with van der Waals surface area (Å²) in [6, 6.07) is 19.0. The van der Waals surface area contributed by atoms with Gasteiger partial charge in [-0.3, -0.25) is 0 Å². The zero-order valence-corrected chi connectivity index (χ0v) is 16.4. The number of benzene rings is 2. The number of aliphatic carboxylic acids is 1. The van der Waals surface area contributed by atoms with Crippen molar-refractivity contribution >= 4 is 29.0 Å². The molecule has 5 heteroatoms. The lowest BCUT2D eigenvalue weighted by molar-refractivity contribution is -0.130. The second-order valence-corrected chi connectivity index (χ2v) is 7.02. The minimum Gasteiger partial charge on any atom is -0.490 e. The Morgan fingerprint density at radius 2 is 1.75 bits per heavy atom. The predicted octanol–water partition coefficient (Wildman–Crippen LogP) is 5.39. The predicted molar refractivity (Wildman–Crippen MR) is 113 cm³/mol. The van der Waals surface area contributed by atoms with Crippen LogP contribution in [0.2, 0.25) is 0 Å². The highest BCUT2D eigenvalue weighted by Gasteiger charge is 2.13. The molecule has 0 radical (unpaired) electrons. The lowest BCUT2D eigenvalue weighted by atomic mass is 10.1.